The number of rotatable bonds is 5. The fourth-order valence-electron chi connectivity index (χ4n) is 2.91. The number of hydrogen-bond donors (Lipinski definition) is 2. The highest BCUT2D eigenvalue weighted by molar-refractivity contribution is 5.98. The number of hydrogen-bond acceptors (Lipinski definition) is 3. The second-order valence-electron chi connectivity index (χ2n) is 5.56. The van der Waals surface area contributed by atoms with Crippen molar-refractivity contribution in [3.8, 4) is 0 Å². The fraction of sp³-hybridized carbons (Fsp3) is 0.500. The maximum atomic E-state index is 12.7. The molecule has 1 aliphatic heterocycles. The Morgan fingerprint density at radius 1 is 1.38 bits per heavy atom. The van der Waals surface area contributed by atoms with Gasteiger partial charge >= 0.3 is 5.97 Å². The van der Waals surface area contributed by atoms with Crippen LogP contribution in [0, 0.1) is 5.92 Å². The average molecular weight is 290 g/mol. The summed E-state index contributed by atoms with van der Waals surface area (Å²) in [5.41, 5.74) is 1.58. The SMILES string of the molecule is CNCCc1ccccc1C(=O)N1CCC(C)C1C(=O)O. The molecule has 0 aromatic heterocycles. The Balaban J connectivity index is 2.25. The van der Waals surface area contributed by atoms with Gasteiger partial charge in [-0.2, -0.15) is 0 Å². The van der Waals surface area contributed by atoms with E-state index in [1.54, 1.807) is 6.07 Å². The molecular weight excluding hydrogens is 268 g/mol. The van der Waals surface area contributed by atoms with Gasteiger partial charge in [0.1, 0.15) is 6.04 Å². The molecule has 114 valence electrons. The summed E-state index contributed by atoms with van der Waals surface area (Å²) in [5.74, 6) is -1.09. The van der Waals surface area contributed by atoms with Crippen LogP contribution in [0.25, 0.3) is 0 Å². The van der Waals surface area contributed by atoms with Crippen molar-refractivity contribution in [2.75, 3.05) is 20.1 Å². The Labute approximate surface area is 125 Å². The quantitative estimate of drug-likeness (QED) is 0.859. The first-order valence-corrected chi connectivity index (χ1v) is 7.32. The smallest absolute Gasteiger partial charge is 0.326 e. The largest absolute Gasteiger partial charge is 0.480 e. The third kappa shape index (κ3) is 3.24. The van der Waals surface area contributed by atoms with Crippen LogP contribution in [0.5, 0.6) is 0 Å². The van der Waals surface area contributed by atoms with Gasteiger partial charge in [0.15, 0.2) is 0 Å². The number of carboxylic acids is 1. The van der Waals surface area contributed by atoms with Gasteiger partial charge in [-0.1, -0.05) is 25.1 Å². The van der Waals surface area contributed by atoms with Gasteiger partial charge in [-0.15, -0.1) is 0 Å². The Hall–Kier alpha value is -1.88. The Bertz CT molecular complexity index is 530. The summed E-state index contributed by atoms with van der Waals surface area (Å²) in [5, 5.41) is 12.4. The first kappa shape index (κ1) is 15.5. The lowest BCUT2D eigenvalue weighted by atomic mass is 10.0. The van der Waals surface area contributed by atoms with Crippen molar-refractivity contribution in [2.45, 2.75) is 25.8 Å². The number of carboxylic acid groups (broad SMARTS) is 1. The van der Waals surface area contributed by atoms with Gasteiger partial charge < -0.3 is 15.3 Å². The predicted octanol–water partition coefficient (Wildman–Crippen LogP) is 1.38. The number of likely N-dealkylation sites (tertiary alicyclic amines) is 1. The summed E-state index contributed by atoms with van der Waals surface area (Å²) in [4.78, 5) is 25.6. The van der Waals surface area contributed by atoms with Crippen molar-refractivity contribution in [1.29, 1.82) is 0 Å². The lowest BCUT2D eigenvalue weighted by Gasteiger charge is -2.24. The first-order chi connectivity index (χ1) is 10.1. The second kappa shape index (κ2) is 6.72. The Morgan fingerprint density at radius 2 is 2.10 bits per heavy atom. The van der Waals surface area contributed by atoms with Crippen molar-refractivity contribution >= 4 is 11.9 Å². The van der Waals surface area contributed by atoms with Gasteiger partial charge in [0, 0.05) is 12.1 Å². The molecule has 2 unspecified atom stereocenters. The zero-order valence-electron chi connectivity index (χ0n) is 12.5. The molecule has 1 aromatic carbocycles. The number of carbonyl (C=O) groups excluding carboxylic acids is 1. The second-order valence-corrected chi connectivity index (χ2v) is 5.56. The molecule has 5 heteroatoms. The van der Waals surface area contributed by atoms with Crippen LogP contribution < -0.4 is 5.32 Å². The molecule has 1 aromatic rings. The summed E-state index contributed by atoms with van der Waals surface area (Å²) in [6.07, 6.45) is 1.49. The van der Waals surface area contributed by atoms with E-state index < -0.39 is 12.0 Å². The van der Waals surface area contributed by atoms with E-state index in [2.05, 4.69) is 5.32 Å². The van der Waals surface area contributed by atoms with Crippen molar-refractivity contribution in [2.24, 2.45) is 5.92 Å². The highest BCUT2D eigenvalue weighted by Crippen LogP contribution is 2.26. The van der Waals surface area contributed by atoms with Crippen LogP contribution >= 0.6 is 0 Å². The molecule has 2 N–H and O–H groups in total. The van der Waals surface area contributed by atoms with E-state index >= 15 is 0 Å². The normalized spacial score (nSPS) is 21.5. The third-order valence-electron chi connectivity index (χ3n) is 4.11. The molecule has 0 aliphatic carbocycles. The summed E-state index contributed by atoms with van der Waals surface area (Å²) in [6, 6.07) is 6.73. The van der Waals surface area contributed by atoms with E-state index in [0.29, 0.717) is 12.1 Å². The summed E-state index contributed by atoms with van der Waals surface area (Å²) in [6.45, 7) is 3.18. The highest BCUT2D eigenvalue weighted by atomic mass is 16.4. The van der Waals surface area contributed by atoms with Crippen LogP contribution in [0.3, 0.4) is 0 Å². The monoisotopic (exact) mass is 290 g/mol. The zero-order valence-corrected chi connectivity index (χ0v) is 12.5. The molecule has 0 radical (unpaired) electrons. The van der Waals surface area contributed by atoms with Crippen LogP contribution in [0.15, 0.2) is 24.3 Å². The van der Waals surface area contributed by atoms with Gasteiger partial charge in [-0.05, 0) is 44.0 Å². The average Bonchev–Trinajstić information content (AvgIpc) is 2.86. The molecule has 0 bridgehead atoms. The minimum atomic E-state index is -0.916. The molecule has 5 nitrogen and oxygen atoms in total. The van der Waals surface area contributed by atoms with Crippen LogP contribution in [0.4, 0.5) is 0 Å². The lowest BCUT2D eigenvalue weighted by molar-refractivity contribution is -0.142. The zero-order chi connectivity index (χ0) is 15.4. The molecule has 1 heterocycles. The van der Waals surface area contributed by atoms with Gasteiger partial charge in [-0.25, -0.2) is 4.79 Å². The number of carbonyl (C=O) groups is 2. The molecule has 1 amide bonds. The van der Waals surface area contributed by atoms with Gasteiger partial charge in [0.2, 0.25) is 0 Å². The number of amides is 1. The summed E-state index contributed by atoms with van der Waals surface area (Å²) >= 11 is 0. The predicted molar refractivity (Wildman–Crippen MR) is 80.3 cm³/mol. The fourth-order valence-corrected chi connectivity index (χ4v) is 2.91. The molecule has 2 atom stereocenters. The van der Waals surface area contributed by atoms with Crippen molar-refractivity contribution in [3.05, 3.63) is 35.4 Å². The van der Waals surface area contributed by atoms with Crippen LogP contribution in [-0.4, -0.2) is 48.1 Å². The summed E-state index contributed by atoms with van der Waals surface area (Å²) < 4.78 is 0. The van der Waals surface area contributed by atoms with Gasteiger partial charge in [0.25, 0.3) is 5.91 Å². The van der Waals surface area contributed by atoms with E-state index in [9.17, 15) is 14.7 Å². The van der Waals surface area contributed by atoms with E-state index in [-0.39, 0.29) is 11.8 Å². The minimum Gasteiger partial charge on any atom is -0.480 e. The van der Waals surface area contributed by atoms with Crippen LogP contribution in [0.1, 0.15) is 29.3 Å². The maximum Gasteiger partial charge on any atom is 0.326 e. The van der Waals surface area contributed by atoms with Gasteiger partial charge in [-0.3, -0.25) is 4.79 Å². The molecule has 1 saturated heterocycles. The van der Waals surface area contributed by atoms with E-state index in [4.69, 9.17) is 0 Å². The molecular formula is C16H22N2O3. The lowest BCUT2D eigenvalue weighted by Crippen LogP contribution is -2.43. The highest BCUT2D eigenvalue weighted by Gasteiger charge is 2.40. The summed E-state index contributed by atoms with van der Waals surface area (Å²) in [7, 11) is 1.87. The number of aliphatic carboxylic acids is 1. The molecule has 1 aliphatic rings. The Kier molecular flexibility index (Phi) is 4.96. The van der Waals surface area contributed by atoms with E-state index in [1.807, 2.05) is 32.2 Å². The number of benzene rings is 1. The Morgan fingerprint density at radius 3 is 2.76 bits per heavy atom. The number of likely N-dealkylation sites (N-methyl/N-ethyl adjacent to an activating group) is 1. The topological polar surface area (TPSA) is 69.6 Å². The molecule has 0 spiro atoms. The van der Waals surface area contributed by atoms with Crippen LogP contribution in [-0.2, 0) is 11.2 Å². The molecule has 2 rings (SSSR count). The number of nitrogens with zero attached hydrogens (tertiary/aromatic N) is 1. The van der Waals surface area contributed by atoms with Crippen molar-refractivity contribution < 1.29 is 14.7 Å². The maximum absolute atomic E-state index is 12.7. The minimum absolute atomic E-state index is 0.00378. The van der Waals surface area contributed by atoms with Crippen molar-refractivity contribution in [1.82, 2.24) is 10.2 Å². The third-order valence-corrected chi connectivity index (χ3v) is 4.11. The first-order valence-electron chi connectivity index (χ1n) is 7.32. The molecule has 21 heavy (non-hydrogen) atoms. The van der Waals surface area contributed by atoms with Crippen LogP contribution in [0.2, 0.25) is 0 Å². The van der Waals surface area contributed by atoms with E-state index in [1.165, 1.54) is 4.90 Å². The van der Waals surface area contributed by atoms with Crippen molar-refractivity contribution in [3.63, 3.8) is 0 Å². The standard InChI is InChI=1S/C16H22N2O3/c1-11-8-10-18(14(11)16(20)21)15(19)13-6-4-3-5-12(13)7-9-17-2/h3-6,11,14,17H,7-10H2,1-2H3,(H,20,21). The molecule has 1 fully saturated rings. The molecule has 0 saturated carbocycles. The number of nitrogens with one attached hydrogen (secondary N) is 1. The van der Waals surface area contributed by atoms with Gasteiger partial charge in [0.05, 0.1) is 0 Å². The van der Waals surface area contributed by atoms with E-state index in [0.717, 1.165) is 24.9 Å².